The second kappa shape index (κ2) is 3.75. The zero-order chi connectivity index (χ0) is 11.2. The van der Waals surface area contributed by atoms with E-state index in [2.05, 4.69) is 27.6 Å². The number of hydrogen-bond donors (Lipinski definition) is 1. The summed E-state index contributed by atoms with van der Waals surface area (Å²) in [5.74, 6) is 0. The molecule has 2 heterocycles. The topological polar surface area (TPSA) is 54.9 Å². The second-order valence-corrected chi connectivity index (χ2v) is 6.02. The number of aromatic amines is 1. The van der Waals surface area contributed by atoms with Gasteiger partial charge in [-0.1, -0.05) is 0 Å². The van der Waals surface area contributed by atoms with Crippen molar-refractivity contribution in [1.82, 2.24) is 9.55 Å². The first kappa shape index (κ1) is 10.9. The van der Waals surface area contributed by atoms with Gasteiger partial charge in [0.15, 0.2) is 0 Å². The van der Waals surface area contributed by atoms with Crippen molar-refractivity contribution in [1.29, 1.82) is 0 Å². The van der Waals surface area contributed by atoms with Crippen LogP contribution in [0.15, 0.2) is 9.59 Å². The summed E-state index contributed by atoms with van der Waals surface area (Å²) in [7, 11) is 0. The smallest absolute Gasteiger partial charge is 0.298 e. The summed E-state index contributed by atoms with van der Waals surface area (Å²) in [5.41, 5.74) is 0.444. The maximum Gasteiger partial charge on any atom is 0.329 e. The molecule has 2 aromatic rings. The first-order chi connectivity index (χ1) is 7.06. The summed E-state index contributed by atoms with van der Waals surface area (Å²) in [6.07, 6.45) is 0. The summed E-state index contributed by atoms with van der Waals surface area (Å²) in [6.45, 7) is 4.09. The first-order valence-electron chi connectivity index (χ1n) is 4.48. The maximum atomic E-state index is 12.0. The molecule has 0 fully saturated rings. The molecule has 0 amide bonds. The van der Waals surface area contributed by atoms with Gasteiger partial charge in [0.25, 0.3) is 5.56 Å². The summed E-state index contributed by atoms with van der Waals surface area (Å²) < 4.78 is 2.27. The minimum Gasteiger partial charge on any atom is -0.298 e. The molecule has 6 heteroatoms. The Morgan fingerprint density at radius 1 is 1.47 bits per heavy atom. The highest BCUT2D eigenvalue weighted by Gasteiger charge is 2.13. The molecule has 0 saturated carbocycles. The molecule has 2 rings (SSSR count). The van der Waals surface area contributed by atoms with Crippen LogP contribution in [0.2, 0.25) is 0 Å². The van der Waals surface area contributed by atoms with E-state index in [1.165, 1.54) is 15.9 Å². The lowest BCUT2D eigenvalue weighted by atomic mass is 10.3. The Morgan fingerprint density at radius 3 is 2.73 bits per heavy atom. The number of H-pyrrole nitrogens is 1. The third-order valence-corrected chi connectivity index (χ3v) is 4.79. The molecule has 0 bridgehead atoms. The average Bonchev–Trinajstić information content (AvgIpc) is 2.43. The lowest BCUT2D eigenvalue weighted by Crippen LogP contribution is -2.34. The fraction of sp³-hybridized carbons (Fsp3) is 0.333. The van der Waals surface area contributed by atoms with Crippen LogP contribution >= 0.6 is 33.9 Å². The predicted molar refractivity (Wildman–Crippen MR) is 69.8 cm³/mol. The van der Waals surface area contributed by atoms with Gasteiger partial charge in [0, 0.05) is 6.54 Å². The highest BCUT2D eigenvalue weighted by molar-refractivity contribution is 14.1. The van der Waals surface area contributed by atoms with E-state index < -0.39 is 0 Å². The number of nitrogens with one attached hydrogen (secondary N) is 1. The molecule has 0 aromatic carbocycles. The van der Waals surface area contributed by atoms with Crippen LogP contribution in [-0.2, 0) is 6.54 Å². The van der Waals surface area contributed by atoms with Crippen molar-refractivity contribution in [2.24, 2.45) is 0 Å². The number of aryl methyl sites for hydroxylation is 1. The largest absolute Gasteiger partial charge is 0.329 e. The van der Waals surface area contributed by atoms with Crippen molar-refractivity contribution >= 4 is 44.1 Å². The van der Waals surface area contributed by atoms with Gasteiger partial charge < -0.3 is 0 Å². The van der Waals surface area contributed by atoms with E-state index in [1.807, 2.05) is 6.92 Å². The third-order valence-electron chi connectivity index (χ3n) is 2.33. The number of fused-ring (bicyclic) bond motifs is 1. The van der Waals surface area contributed by atoms with Crippen LogP contribution in [0.25, 0.3) is 10.2 Å². The molecule has 0 unspecified atom stereocenters. The monoisotopic (exact) mass is 336 g/mol. The number of halogens is 1. The van der Waals surface area contributed by atoms with Gasteiger partial charge in [0.2, 0.25) is 0 Å². The normalized spacial score (nSPS) is 11.1. The Hall–Kier alpha value is -0.630. The van der Waals surface area contributed by atoms with E-state index >= 15 is 0 Å². The predicted octanol–water partition coefficient (Wildman–Crippen LogP) is 1.68. The van der Waals surface area contributed by atoms with Crippen LogP contribution in [-0.4, -0.2) is 9.55 Å². The van der Waals surface area contributed by atoms with Crippen LogP contribution in [0.4, 0.5) is 0 Å². The maximum absolute atomic E-state index is 12.0. The number of thiophene rings is 1. The number of rotatable bonds is 1. The molecule has 1 N–H and O–H groups in total. The first-order valence-corrected chi connectivity index (χ1v) is 6.37. The highest BCUT2D eigenvalue weighted by Crippen LogP contribution is 2.27. The van der Waals surface area contributed by atoms with Crippen molar-refractivity contribution in [2.75, 3.05) is 0 Å². The van der Waals surface area contributed by atoms with Crippen molar-refractivity contribution in [3.05, 3.63) is 29.3 Å². The Balaban J connectivity index is 3.06. The average molecular weight is 336 g/mol. The fourth-order valence-electron chi connectivity index (χ4n) is 1.51. The van der Waals surface area contributed by atoms with Crippen LogP contribution in [0, 0.1) is 9.81 Å². The fourth-order valence-corrected chi connectivity index (χ4v) is 3.36. The second-order valence-electron chi connectivity index (χ2n) is 3.18. The number of aromatic nitrogens is 2. The Bertz CT molecular complexity index is 638. The van der Waals surface area contributed by atoms with Gasteiger partial charge in [-0.2, -0.15) is 0 Å². The molecule has 80 valence electrons. The van der Waals surface area contributed by atoms with Gasteiger partial charge >= 0.3 is 5.69 Å². The van der Waals surface area contributed by atoms with Crippen molar-refractivity contribution in [2.45, 2.75) is 20.4 Å². The van der Waals surface area contributed by atoms with Gasteiger partial charge in [-0.3, -0.25) is 14.3 Å². The lowest BCUT2D eigenvalue weighted by Gasteiger charge is -1.99. The van der Waals surface area contributed by atoms with E-state index in [-0.39, 0.29) is 11.2 Å². The van der Waals surface area contributed by atoms with Crippen LogP contribution in [0.3, 0.4) is 0 Å². The molecule has 0 radical (unpaired) electrons. The van der Waals surface area contributed by atoms with Gasteiger partial charge in [-0.05, 0) is 42.0 Å². The van der Waals surface area contributed by atoms with Crippen LogP contribution in [0.1, 0.15) is 12.5 Å². The molecule has 0 spiro atoms. The summed E-state index contributed by atoms with van der Waals surface area (Å²) in [4.78, 5) is 26.9. The SMILES string of the molecule is CCn1c(=O)[nH]c2sc(I)c(C)c2c1=O. The van der Waals surface area contributed by atoms with Crippen LogP contribution < -0.4 is 11.2 Å². The molecular weight excluding hydrogens is 327 g/mol. The molecule has 0 aliphatic carbocycles. The number of nitrogens with zero attached hydrogens (tertiary/aromatic N) is 1. The highest BCUT2D eigenvalue weighted by atomic mass is 127. The van der Waals surface area contributed by atoms with Crippen molar-refractivity contribution in [3.8, 4) is 0 Å². The molecule has 0 atom stereocenters. The van der Waals surface area contributed by atoms with E-state index in [4.69, 9.17) is 0 Å². The molecule has 15 heavy (non-hydrogen) atoms. The minimum absolute atomic E-state index is 0.187. The van der Waals surface area contributed by atoms with E-state index in [9.17, 15) is 9.59 Å². The van der Waals surface area contributed by atoms with E-state index in [0.29, 0.717) is 16.8 Å². The molecule has 0 aliphatic heterocycles. The van der Waals surface area contributed by atoms with Gasteiger partial charge in [-0.25, -0.2) is 4.79 Å². The van der Waals surface area contributed by atoms with Crippen LogP contribution in [0.5, 0.6) is 0 Å². The molecule has 0 saturated heterocycles. The lowest BCUT2D eigenvalue weighted by molar-refractivity contribution is 0.685. The van der Waals surface area contributed by atoms with E-state index in [1.54, 1.807) is 6.92 Å². The minimum atomic E-state index is -0.326. The summed E-state index contributed by atoms with van der Waals surface area (Å²) >= 11 is 3.62. The van der Waals surface area contributed by atoms with E-state index in [0.717, 1.165) is 8.45 Å². The van der Waals surface area contributed by atoms with Gasteiger partial charge in [0.1, 0.15) is 4.83 Å². The summed E-state index contributed by atoms with van der Waals surface area (Å²) in [5, 5.41) is 0.644. The Labute approximate surface area is 103 Å². The zero-order valence-corrected chi connectivity index (χ0v) is 11.2. The third kappa shape index (κ3) is 1.55. The standard InChI is InChI=1S/C9H9IN2O2S/c1-3-12-8(13)5-4(2)6(10)15-7(5)11-9(12)14/h3H2,1-2H3,(H,11,14). The zero-order valence-electron chi connectivity index (χ0n) is 8.26. The summed E-state index contributed by atoms with van der Waals surface area (Å²) in [6, 6.07) is 0. The number of hydrogen-bond acceptors (Lipinski definition) is 3. The molecule has 2 aromatic heterocycles. The van der Waals surface area contributed by atoms with Crippen molar-refractivity contribution < 1.29 is 0 Å². The van der Waals surface area contributed by atoms with Gasteiger partial charge in [-0.15, -0.1) is 11.3 Å². The molecule has 4 nitrogen and oxygen atoms in total. The van der Waals surface area contributed by atoms with Crippen molar-refractivity contribution in [3.63, 3.8) is 0 Å². The molecular formula is C9H9IN2O2S. The molecule has 0 aliphatic rings. The Morgan fingerprint density at radius 2 is 2.13 bits per heavy atom. The Kier molecular flexibility index (Phi) is 2.72. The quantitative estimate of drug-likeness (QED) is 0.806. The van der Waals surface area contributed by atoms with Gasteiger partial charge in [0.05, 0.1) is 8.27 Å².